The van der Waals surface area contributed by atoms with Crippen LogP contribution in [-0.2, 0) is 0 Å². The Kier molecular flexibility index (Phi) is 5.25. The lowest BCUT2D eigenvalue weighted by Gasteiger charge is -2.27. The van der Waals surface area contributed by atoms with Gasteiger partial charge in [0.25, 0.3) is 0 Å². The van der Waals surface area contributed by atoms with Crippen LogP contribution in [0.25, 0.3) is 0 Å². The summed E-state index contributed by atoms with van der Waals surface area (Å²) in [5.41, 5.74) is 0.965. The number of methoxy groups -OCH3 is 1. The minimum Gasteiger partial charge on any atom is -0.497 e. The fraction of sp³-hybridized carbons (Fsp3) is 0.538. The van der Waals surface area contributed by atoms with Crippen LogP contribution in [0.3, 0.4) is 0 Å². The molecule has 0 spiro atoms. The van der Waals surface area contributed by atoms with Crippen LogP contribution in [0.15, 0.2) is 24.3 Å². The van der Waals surface area contributed by atoms with Gasteiger partial charge in [0.05, 0.1) is 19.3 Å². The number of ether oxygens (including phenoxy) is 1. The Morgan fingerprint density at radius 3 is 1.88 bits per heavy atom. The van der Waals surface area contributed by atoms with Crippen molar-refractivity contribution in [1.29, 1.82) is 0 Å². The maximum absolute atomic E-state index is 9.45. The SMILES string of the molecule is COc1ccc(N(C[C@H](C)O)C[C@H](C)O)cc1. The molecule has 1 aromatic rings. The molecule has 0 amide bonds. The van der Waals surface area contributed by atoms with E-state index in [4.69, 9.17) is 4.74 Å². The Morgan fingerprint density at radius 2 is 1.53 bits per heavy atom. The van der Waals surface area contributed by atoms with Crippen LogP contribution in [0.2, 0.25) is 0 Å². The molecule has 2 atom stereocenters. The molecule has 4 nitrogen and oxygen atoms in total. The van der Waals surface area contributed by atoms with Crippen molar-refractivity contribution >= 4 is 5.69 Å². The highest BCUT2D eigenvalue weighted by atomic mass is 16.5. The third-order valence-corrected chi connectivity index (χ3v) is 2.41. The number of benzene rings is 1. The molecular formula is C13H21NO3. The zero-order chi connectivity index (χ0) is 12.8. The molecular weight excluding hydrogens is 218 g/mol. The second kappa shape index (κ2) is 6.47. The number of hydrogen-bond acceptors (Lipinski definition) is 4. The van der Waals surface area contributed by atoms with E-state index in [9.17, 15) is 10.2 Å². The van der Waals surface area contributed by atoms with Crippen LogP contribution >= 0.6 is 0 Å². The number of aliphatic hydroxyl groups is 2. The predicted octanol–water partition coefficient (Wildman–Crippen LogP) is 1.26. The molecule has 0 saturated carbocycles. The fourth-order valence-corrected chi connectivity index (χ4v) is 1.72. The first-order valence-corrected chi connectivity index (χ1v) is 5.78. The van der Waals surface area contributed by atoms with Crippen LogP contribution in [0, 0.1) is 0 Å². The van der Waals surface area contributed by atoms with Gasteiger partial charge >= 0.3 is 0 Å². The molecule has 0 aliphatic carbocycles. The normalized spacial score (nSPS) is 14.2. The van der Waals surface area contributed by atoms with E-state index < -0.39 is 12.2 Å². The summed E-state index contributed by atoms with van der Waals surface area (Å²) >= 11 is 0. The second-order valence-corrected chi connectivity index (χ2v) is 4.30. The molecule has 0 heterocycles. The Hall–Kier alpha value is -1.26. The topological polar surface area (TPSA) is 52.9 Å². The summed E-state index contributed by atoms with van der Waals surface area (Å²) in [6.07, 6.45) is -0.869. The van der Waals surface area contributed by atoms with Gasteiger partial charge in [-0.15, -0.1) is 0 Å². The third-order valence-electron chi connectivity index (χ3n) is 2.41. The Balaban J connectivity index is 2.79. The molecule has 0 aliphatic rings. The van der Waals surface area contributed by atoms with E-state index in [-0.39, 0.29) is 0 Å². The second-order valence-electron chi connectivity index (χ2n) is 4.30. The van der Waals surface area contributed by atoms with Gasteiger partial charge in [0.1, 0.15) is 5.75 Å². The number of nitrogens with zero attached hydrogens (tertiary/aromatic N) is 1. The molecule has 0 bridgehead atoms. The van der Waals surface area contributed by atoms with Crippen molar-refractivity contribution in [2.24, 2.45) is 0 Å². The van der Waals surface area contributed by atoms with E-state index in [2.05, 4.69) is 0 Å². The van der Waals surface area contributed by atoms with Gasteiger partial charge < -0.3 is 19.8 Å². The molecule has 0 aromatic heterocycles. The summed E-state index contributed by atoms with van der Waals surface area (Å²) < 4.78 is 5.09. The maximum Gasteiger partial charge on any atom is 0.119 e. The smallest absolute Gasteiger partial charge is 0.119 e. The molecule has 0 aliphatic heterocycles. The molecule has 17 heavy (non-hydrogen) atoms. The van der Waals surface area contributed by atoms with Gasteiger partial charge in [-0.1, -0.05) is 0 Å². The van der Waals surface area contributed by atoms with Crippen molar-refractivity contribution in [3.63, 3.8) is 0 Å². The van der Waals surface area contributed by atoms with Gasteiger partial charge in [0.2, 0.25) is 0 Å². The first-order valence-electron chi connectivity index (χ1n) is 5.78. The third kappa shape index (κ3) is 4.63. The Morgan fingerprint density at radius 1 is 1.06 bits per heavy atom. The van der Waals surface area contributed by atoms with Crippen molar-refractivity contribution in [2.75, 3.05) is 25.1 Å². The zero-order valence-corrected chi connectivity index (χ0v) is 10.6. The molecule has 0 unspecified atom stereocenters. The molecule has 1 rings (SSSR count). The minimum atomic E-state index is -0.434. The molecule has 96 valence electrons. The number of rotatable bonds is 6. The first-order chi connectivity index (χ1) is 8.02. The molecule has 1 aromatic carbocycles. The average molecular weight is 239 g/mol. The summed E-state index contributed by atoms with van der Waals surface area (Å²) in [5, 5.41) is 18.9. The predicted molar refractivity (Wildman–Crippen MR) is 68.6 cm³/mol. The van der Waals surface area contributed by atoms with Crippen molar-refractivity contribution < 1.29 is 14.9 Å². The zero-order valence-electron chi connectivity index (χ0n) is 10.6. The van der Waals surface area contributed by atoms with Crippen LogP contribution in [0.5, 0.6) is 5.75 Å². The Labute approximate surface area is 102 Å². The molecule has 4 heteroatoms. The van der Waals surface area contributed by atoms with Gasteiger partial charge in [-0.3, -0.25) is 0 Å². The van der Waals surface area contributed by atoms with Crippen molar-refractivity contribution in [2.45, 2.75) is 26.1 Å². The monoisotopic (exact) mass is 239 g/mol. The lowest BCUT2D eigenvalue weighted by molar-refractivity contribution is 0.178. The molecule has 0 fully saturated rings. The van der Waals surface area contributed by atoms with E-state index in [0.717, 1.165) is 11.4 Å². The average Bonchev–Trinajstić information content (AvgIpc) is 2.27. The van der Waals surface area contributed by atoms with E-state index in [1.807, 2.05) is 29.2 Å². The van der Waals surface area contributed by atoms with E-state index in [0.29, 0.717) is 13.1 Å². The Bertz CT molecular complexity index is 312. The van der Waals surface area contributed by atoms with Crippen molar-refractivity contribution in [1.82, 2.24) is 0 Å². The largest absolute Gasteiger partial charge is 0.497 e. The molecule has 2 N–H and O–H groups in total. The summed E-state index contributed by atoms with van der Waals surface area (Å²) in [6.45, 7) is 4.46. The van der Waals surface area contributed by atoms with Gasteiger partial charge in [-0.2, -0.15) is 0 Å². The summed E-state index contributed by atoms with van der Waals surface area (Å²) in [5.74, 6) is 0.794. The summed E-state index contributed by atoms with van der Waals surface area (Å²) in [7, 11) is 1.62. The van der Waals surface area contributed by atoms with Crippen LogP contribution in [0.1, 0.15) is 13.8 Å². The summed E-state index contributed by atoms with van der Waals surface area (Å²) in [6, 6.07) is 7.58. The standard InChI is InChI=1S/C13H21NO3/c1-10(15)8-14(9-11(2)16)12-4-6-13(17-3)7-5-12/h4-7,10-11,15-16H,8-9H2,1-3H3/t10-,11-/m0/s1. The molecule has 0 saturated heterocycles. The highest BCUT2D eigenvalue weighted by Gasteiger charge is 2.11. The number of aliphatic hydroxyl groups excluding tert-OH is 2. The number of anilines is 1. The van der Waals surface area contributed by atoms with Gasteiger partial charge in [-0.05, 0) is 38.1 Å². The lowest BCUT2D eigenvalue weighted by Crippen LogP contribution is -2.36. The minimum absolute atomic E-state index is 0.434. The van der Waals surface area contributed by atoms with E-state index >= 15 is 0 Å². The lowest BCUT2D eigenvalue weighted by atomic mass is 10.2. The van der Waals surface area contributed by atoms with Crippen molar-refractivity contribution in [3.05, 3.63) is 24.3 Å². The summed E-state index contributed by atoms with van der Waals surface area (Å²) in [4.78, 5) is 1.95. The first kappa shape index (κ1) is 13.8. The quantitative estimate of drug-likeness (QED) is 0.785. The van der Waals surface area contributed by atoms with Crippen LogP contribution in [-0.4, -0.2) is 42.6 Å². The maximum atomic E-state index is 9.45. The highest BCUT2D eigenvalue weighted by Crippen LogP contribution is 2.19. The number of hydrogen-bond donors (Lipinski definition) is 2. The van der Waals surface area contributed by atoms with Crippen LogP contribution < -0.4 is 9.64 Å². The van der Waals surface area contributed by atoms with Crippen molar-refractivity contribution in [3.8, 4) is 5.75 Å². The highest BCUT2D eigenvalue weighted by molar-refractivity contribution is 5.49. The van der Waals surface area contributed by atoms with E-state index in [1.54, 1.807) is 21.0 Å². The van der Waals surface area contributed by atoms with Gasteiger partial charge in [0.15, 0.2) is 0 Å². The van der Waals surface area contributed by atoms with Gasteiger partial charge in [-0.25, -0.2) is 0 Å². The van der Waals surface area contributed by atoms with Crippen LogP contribution in [0.4, 0.5) is 5.69 Å². The van der Waals surface area contributed by atoms with E-state index in [1.165, 1.54) is 0 Å². The molecule has 0 radical (unpaired) electrons. The van der Waals surface area contributed by atoms with Gasteiger partial charge in [0, 0.05) is 18.8 Å². The fourth-order valence-electron chi connectivity index (χ4n) is 1.72.